The first kappa shape index (κ1) is 23.5. The molecule has 0 atom stereocenters. The zero-order valence-electron chi connectivity index (χ0n) is 19.2. The molecule has 1 aliphatic heterocycles. The molecule has 186 valence electrons. The predicted molar refractivity (Wildman–Crippen MR) is 120 cm³/mol. The van der Waals surface area contributed by atoms with E-state index < -0.39 is 11.7 Å². The normalized spacial score (nSPS) is 14.0. The minimum atomic E-state index is -4.47. The number of aryl methyl sites for hydroxylation is 1. The van der Waals surface area contributed by atoms with Crippen LogP contribution in [0, 0.1) is 0 Å². The van der Waals surface area contributed by atoms with Crippen LogP contribution in [0.25, 0.3) is 22.8 Å². The summed E-state index contributed by atoms with van der Waals surface area (Å²) in [6.45, 7) is 1.25. The van der Waals surface area contributed by atoms with Gasteiger partial charge in [-0.1, -0.05) is 23.4 Å². The summed E-state index contributed by atoms with van der Waals surface area (Å²) in [6, 6.07) is 9.66. The Bertz CT molecular complexity index is 1380. The van der Waals surface area contributed by atoms with E-state index in [0.717, 1.165) is 42.4 Å². The van der Waals surface area contributed by atoms with E-state index in [-0.39, 0.29) is 24.3 Å². The van der Waals surface area contributed by atoms with E-state index in [9.17, 15) is 18.0 Å². The Balaban J connectivity index is 1.31. The van der Waals surface area contributed by atoms with E-state index >= 15 is 0 Å². The predicted octanol–water partition coefficient (Wildman–Crippen LogP) is 4.25. The highest BCUT2D eigenvalue weighted by Gasteiger charge is 2.30. The van der Waals surface area contributed by atoms with Crippen molar-refractivity contribution in [1.82, 2.24) is 29.8 Å². The number of likely N-dealkylation sites (tertiary alicyclic amines) is 1. The maximum Gasteiger partial charge on any atom is 0.417 e. The molecular weight excluding hydrogens is 477 g/mol. The number of carbonyl (C=O) groups is 1. The Morgan fingerprint density at radius 3 is 2.75 bits per heavy atom. The molecule has 0 saturated carbocycles. The standard InChI is InChI=1S/C24H21F3N6O3/c1-32-19(14-35-20-8-7-17(11-28-20)24(25,26)27)18(12-29-32)23-30-22(31-36-23)16-5-2-4-15(10-16)13-33-9-3-6-21(33)34/h2,4-5,7-8,10-12H,3,6,9,13-14H2,1H3. The molecule has 1 aliphatic rings. The fourth-order valence-corrected chi connectivity index (χ4v) is 3.94. The number of alkyl halides is 3. The summed E-state index contributed by atoms with van der Waals surface area (Å²) in [4.78, 5) is 22.0. The monoisotopic (exact) mass is 498 g/mol. The first-order valence-corrected chi connectivity index (χ1v) is 11.2. The largest absolute Gasteiger partial charge is 0.471 e. The van der Waals surface area contributed by atoms with Crippen LogP contribution in [0.1, 0.15) is 29.7 Å². The highest BCUT2D eigenvalue weighted by molar-refractivity contribution is 5.78. The van der Waals surface area contributed by atoms with Gasteiger partial charge < -0.3 is 14.2 Å². The number of carbonyl (C=O) groups excluding carboxylic acids is 1. The summed E-state index contributed by atoms with van der Waals surface area (Å²) in [6.07, 6.45) is -0.747. The Hall–Kier alpha value is -4.22. The average Bonchev–Trinajstić information content (AvgIpc) is 3.58. The quantitative estimate of drug-likeness (QED) is 0.376. The van der Waals surface area contributed by atoms with Crippen LogP contribution in [0.15, 0.2) is 53.3 Å². The van der Waals surface area contributed by atoms with Crippen molar-refractivity contribution < 1.29 is 27.2 Å². The van der Waals surface area contributed by atoms with Gasteiger partial charge in [0.25, 0.3) is 5.89 Å². The van der Waals surface area contributed by atoms with Gasteiger partial charge in [0.05, 0.1) is 23.0 Å². The second-order valence-corrected chi connectivity index (χ2v) is 8.34. The SMILES string of the molecule is Cn1ncc(-c2nc(-c3cccc(CN4CCCC4=O)c3)no2)c1COc1ccc(C(F)(F)F)cn1. The van der Waals surface area contributed by atoms with Crippen molar-refractivity contribution in [2.24, 2.45) is 7.05 Å². The minimum absolute atomic E-state index is 0.0265. The van der Waals surface area contributed by atoms with Crippen molar-refractivity contribution in [2.75, 3.05) is 6.54 Å². The molecule has 1 aromatic carbocycles. The molecule has 4 heterocycles. The second-order valence-electron chi connectivity index (χ2n) is 8.34. The van der Waals surface area contributed by atoms with Crippen LogP contribution >= 0.6 is 0 Å². The van der Waals surface area contributed by atoms with E-state index in [2.05, 4.69) is 20.2 Å². The number of hydrogen-bond acceptors (Lipinski definition) is 7. The third-order valence-corrected chi connectivity index (χ3v) is 5.87. The molecular formula is C24H21F3N6O3. The molecule has 4 aromatic rings. The Kier molecular flexibility index (Phi) is 6.17. The van der Waals surface area contributed by atoms with Crippen molar-refractivity contribution in [3.05, 3.63) is 65.6 Å². The van der Waals surface area contributed by atoms with Gasteiger partial charge in [0.15, 0.2) is 0 Å². The number of benzene rings is 1. The summed E-state index contributed by atoms with van der Waals surface area (Å²) >= 11 is 0. The molecule has 1 amide bonds. The lowest BCUT2D eigenvalue weighted by Crippen LogP contribution is -2.23. The molecule has 9 nitrogen and oxygen atoms in total. The van der Waals surface area contributed by atoms with Gasteiger partial charge in [-0.05, 0) is 24.1 Å². The molecule has 0 bridgehead atoms. The zero-order valence-corrected chi connectivity index (χ0v) is 19.2. The van der Waals surface area contributed by atoms with Gasteiger partial charge in [-0.3, -0.25) is 9.48 Å². The second kappa shape index (κ2) is 9.44. The number of amides is 1. The van der Waals surface area contributed by atoms with Crippen LogP contribution in [0.5, 0.6) is 5.88 Å². The van der Waals surface area contributed by atoms with Crippen LogP contribution in [-0.4, -0.2) is 42.3 Å². The maximum atomic E-state index is 12.7. The maximum absolute atomic E-state index is 12.7. The fraction of sp³-hybridized carbons (Fsp3) is 0.292. The molecule has 3 aromatic heterocycles. The van der Waals surface area contributed by atoms with E-state index in [1.807, 2.05) is 29.2 Å². The van der Waals surface area contributed by atoms with Gasteiger partial charge in [-0.15, -0.1) is 0 Å². The lowest BCUT2D eigenvalue weighted by Gasteiger charge is -2.15. The van der Waals surface area contributed by atoms with Crippen molar-refractivity contribution in [3.63, 3.8) is 0 Å². The van der Waals surface area contributed by atoms with Crippen LogP contribution < -0.4 is 4.74 Å². The molecule has 36 heavy (non-hydrogen) atoms. The molecule has 0 unspecified atom stereocenters. The van der Waals surface area contributed by atoms with Gasteiger partial charge in [0.2, 0.25) is 17.6 Å². The number of hydrogen-bond donors (Lipinski definition) is 0. The molecule has 0 spiro atoms. The van der Waals surface area contributed by atoms with Crippen LogP contribution in [-0.2, 0) is 31.2 Å². The molecule has 5 rings (SSSR count). The number of pyridine rings is 1. The smallest absolute Gasteiger partial charge is 0.417 e. The first-order chi connectivity index (χ1) is 17.3. The number of nitrogens with zero attached hydrogens (tertiary/aromatic N) is 6. The molecule has 0 N–H and O–H groups in total. The number of aromatic nitrogens is 5. The van der Waals surface area contributed by atoms with E-state index in [0.29, 0.717) is 30.0 Å². The van der Waals surface area contributed by atoms with Gasteiger partial charge in [0, 0.05) is 44.4 Å². The van der Waals surface area contributed by atoms with Gasteiger partial charge in [0.1, 0.15) is 6.61 Å². The Labute approximate surface area is 203 Å². The Morgan fingerprint density at radius 1 is 1.17 bits per heavy atom. The lowest BCUT2D eigenvalue weighted by atomic mass is 10.1. The summed E-state index contributed by atoms with van der Waals surface area (Å²) in [7, 11) is 1.70. The molecule has 12 heteroatoms. The minimum Gasteiger partial charge on any atom is -0.471 e. The van der Waals surface area contributed by atoms with Crippen molar-refractivity contribution in [2.45, 2.75) is 32.2 Å². The highest BCUT2D eigenvalue weighted by atomic mass is 19.4. The fourth-order valence-electron chi connectivity index (χ4n) is 3.94. The van der Waals surface area contributed by atoms with E-state index in [1.54, 1.807) is 17.9 Å². The zero-order chi connectivity index (χ0) is 25.3. The van der Waals surface area contributed by atoms with Gasteiger partial charge >= 0.3 is 6.18 Å². The molecule has 1 saturated heterocycles. The van der Waals surface area contributed by atoms with Crippen LogP contribution in [0.4, 0.5) is 13.2 Å². The summed E-state index contributed by atoms with van der Waals surface area (Å²) in [5, 5.41) is 8.30. The van der Waals surface area contributed by atoms with Crippen LogP contribution in [0.3, 0.4) is 0 Å². The van der Waals surface area contributed by atoms with Gasteiger partial charge in [-0.2, -0.15) is 23.3 Å². The lowest BCUT2D eigenvalue weighted by molar-refractivity contribution is -0.137. The third-order valence-electron chi connectivity index (χ3n) is 5.87. The van der Waals surface area contributed by atoms with Crippen molar-refractivity contribution in [1.29, 1.82) is 0 Å². The van der Waals surface area contributed by atoms with Crippen molar-refractivity contribution >= 4 is 5.91 Å². The van der Waals surface area contributed by atoms with Crippen molar-refractivity contribution in [3.8, 4) is 28.7 Å². The number of halogens is 3. The first-order valence-electron chi connectivity index (χ1n) is 11.2. The summed E-state index contributed by atoms with van der Waals surface area (Å²) in [5.74, 6) is 0.784. The molecule has 1 fully saturated rings. The molecule has 0 aliphatic carbocycles. The third kappa shape index (κ3) is 4.92. The number of ether oxygens (including phenoxy) is 1. The summed E-state index contributed by atoms with van der Waals surface area (Å²) < 4.78 is 50.8. The van der Waals surface area contributed by atoms with E-state index in [1.165, 1.54) is 0 Å². The van der Waals surface area contributed by atoms with Crippen LogP contribution in [0.2, 0.25) is 0 Å². The van der Waals surface area contributed by atoms with E-state index in [4.69, 9.17) is 9.26 Å². The molecule has 0 radical (unpaired) electrons. The average molecular weight is 498 g/mol. The highest BCUT2D eigenvalue weighted by Crippen LogP contribution is 2.30. The topological polar surface area (TPSA) is 99.2 Å². The summed E-state index contributed by atoms with van der Waals surface area (Å²) in [5.41, 5.74) is 1.96. The van der Waals surface area contributed by atoms with Gasteiger partial charge in [-0.25, -0.2) is 4.98 Å². The Morgan fingerprint density at radius 2 is 2.03 bits per heavy atom. The number of rotatable bonds is 7.